The molecule has 98 valence electrons. The van der Waals surface area contributed by atoms with Gasteiger partial charge in [0.05, 0.1) is 5.25 Å². The van der Waals surface area contributed by atoms with E-state index in [2.05, 4.69) is 40.8 Å². The second-order valence-electron chi connectivity index (χ2n) is 4.44. The molecule has 0 aliphatic carbocycles. The number of rotatable bonds is 3. The third kappa shape index (κ3) is 2.92. The number of halogens is 1. The predicted molar refractivity (Wildman–Crippen MR) is 91.2 cm³/mol. The Morgan fingerprint density at radius 3 is 2.84 bits per heavy atom. The summed E-state index contributed by atoms with van der Waals surface area (Å²) in [7, 11) is 0. The van der Waals surface area contributed by atoms with Gasteiger partial charge in [-0.15, -0.1) is 4.58 Å². The van der Waals surface area contributed by atoms with Gasteiger partial charge in [-0.05, 0) is 35.5 Å². The Kier molecular flexibility index (Phi) is 4.34. The monoisotopic (exact) mass is 402 g/mol. The molecule has 0 spiro atoms. The van der Waals surface area contributed by atoms with E-state index in [9.17, 15) is 4.79 Å². The highest BCUT2D eigenvalue weighted by Gasteiger charge is 2.45. The lowest BCUT2D eigenvalue weighted by Gasteiger charge is -2.00. The number of alkyl halides is 1. The molecule has 19 heavy (non-hydrogen) atoms. The number of allylic oxidation sites excluding steroid dienone is 1. The first kappa shape index (κ1) is 13.7. The highest BCUT2D eigenvalue weighted by molar-refractivity contribution is 14.1. The zero-order valence-corrected chi connectivity index (χ0v) is 14.0. The van der Waals surface area contributed by atoms with Crippen LogP contribution < -0.4 is 0 Å². The topological polar surface area (TPSA) is 20.1 Å². The molecular formula is C14H13INOS2+. The first-order valence-corrected chi connectivity index (χ1v) is 9.33. The quantitative estimate of drug-likeness (QED) is 0.335. The van der Waals surface area contributed by atoms with Gasteiger partial charge in [-0.25, -0.2) is 4.79 Å². The van der Waals surface area contributed by atoms with E-state index >= 15 is 0 Å². The van der Waals surface area contributed by atoms with Gasteiger partial charge < -0.3 is 0 Å². The molecule has 0 fully saturated rings. The molecule has 1 aromatic rings. The maximum atomic E-state index is 12.3. The van der Waals surface area contributed by atoms with E-state index < -0.39 is 0 Å². The van der Waals surface area contributed by atoms with E-state index in [0.29, 0.717) is 5.25 Å². The summed E-state index contributed by atoms with van der Waals surface area (Å²) in [6.07, 6.45) is 2.89. The fourth-order valence-electron chi connectivity index (χ4n) is 2.07. The lowest BCUT2D eigenvalue weighted by molar-refractivity contribution is -0.433. The molecule has 0 radical (unpaired) electrons. The Hall–Kier alpha value is -0.270. The van der Waals surface area contributed by atoms with Crippen LogP contribution in [-0.4, -0.2) is 31.1 Å². The van der Waals surface area contributed by atoms with Gasteiger partial charge in [0.2, 0.25) is 0 Å². The van der Waals surface area contributed by atoms with Crippen LogP contribution in [0.4, 0.5) is 0 Å². The van der Waals surface area contributed by atoms with E-state index in [4.69, 9.17) is 0 Å². The first-order chi connectivity index (χ1) is 9.28. The predicted octanol–water partition coefficient (Wildman–Crippen LogP) is 3.31. The SMILES string of the molecule is O=C1/C(=C\Cc2ccccc2)SC2=[N+]1C[C@@H](CI)S2. The van der Waals surface area contributed by atoms with Crippen molar-refractivity contribution in [1.82, 2.24) is 0 Å². The highest BCUT2D eigenvalue weighted by Crippen LogP contribution is 2.39. The van der Waals surface area contributed by atoms with Crippen molar-refractivity contribution in [3.05, 3.63) is 46.9 Å². The van der Waals surface area contributed by atoms with Crippen LogP contribution in [0.5, 0.6) is 0 Å². The second kappa shape index (κ2) is 6.01. The smallest absolute Gasteiger partial charge is 0.214 e. The third-order valence-corrected chi connectivity index (χ3v) is 7.29. The zero-order valence-electron chi connectivity index (χ0n) is 10.2. The van der Waals surface area contributed by atoms with Gasteiger partial charge in [0.15, 0.2) is 6.54 Å². The summed E-state index contributed by atoms with van der Waals surface area (Å²) in [4.78, 5) is 13.2. The van der Waals surface area contributed by atoms with Crippen molar-refractivity contribution in [3.63, 3.8) is 0 Å². The molecule has 0 N–H and O–H groups in total. The molecule has 5 heteroatoms. The van der Waals surface area contributed by atoms with Crippen LogP contribution in [0.2, 0.25) is 0 Å². The minimum atomic E-state index is 0.191. The fourth-order valence-corrected chi connectivity index (χ4v) is 5.44. The molecule has 3 rings (SSSR count). The van der Waals surface area contributed by atoms with Crippen molar-refractivity contribution in [2.75, 3.05) is 11.0 Å². The molecule has 2 nitrogen and oxygen atoms in total. The molecule has 1 amide bonds. The number of nitrogens with zero attached hydrogens (tertiary/aromatic N) is 1. The number of thioether (sulfide) groups is 2. The van der Waals surface area contributed by atoms with Gasteiger partial charge in [-0.2, -0.15) is 0 Å². The summed E-state index contributed by atoms with van der Waals surface area (Å²) in [5.41, 5.74) is 1.25. The minimum Gasteiger partial charge on any atom is -0.214 e. The Bertz CT molecular complexity index is 568. The van der Waals surface area contributed by atoms with Crippen LogP contribution in [0.3, 0.4) is 0 Å². The van der Waals surface area contributed by atoms with Crippen LogP contribution >= 0.6 is 46.1 Å². The average molecular weight is 402 g/mol. The summed E-state index contributed by atoms with van der Waals surface area (Å²) in [5, 5.41) is 0.572. The van der Waals surface area contributed by atoms with Gasteiger partial charge in [0, 0.05) is 4.43 Å². The van der Waals surface area contributed by atoms with Crippen molar-refractivity contribution in [2.24, 2.45) is 0 Å². The van der Waals surface area contributed by atoms with Gasteiger partial charge in [-0.3, -0.25) is 0 Å². The number of benzene rings is 1. The number of carbonyl (C=O) groups excluding carboxylic acids is 1. The average Bonchev–Trinajstić information content (AvgIpc) is 2.97. The Balaban J connectivity index is 1.69. The summed E-state index contributed by atoms with van der Waals surface area (Å²) >= 11 is 5.88. The van der Waals surface area contributed by atoms with Gasteiger partial charge in [-0.1, -0.05) is 59.0 Å². The molecule has 0 aromatic heterocycles. The molecule has 0 unspecified atom stereocenters. The second-order valence-corrected chi connectivity index (χ2v) is 7.89. The van der Waals surface area contributed by atoms with E-state index in [1.54, 1.807) is 11.8 Å². The van der Waals surface area contributed by atoms with Crippen molar-refractivity contribution in [1.29, 1.82) is 0 Å². The van der Waals surface area contributed by atoms with Crippen LogP contribution in [0.25, 0.3) is 0 Å². The van der Waals surface area contributed by atoms with Crippen molar-refractivity contribution in [3.8, 4) is 0 Å². The lowest BCUT2D eigenvalue weighted by Crippen LogP contribution is -2.21. The molecule has 2 aliphatic heterocycles. The molecule has 0 saturated heterocycles. The Morgan fingerprint density at radius 1 is 1.37 bits per heavy atom. The fraction of sp³-hybridized carbons (Fsp3) is 0.286. The van der Waals surface area contributed by atoms with E-state index in [1.165, 1.54) is 9.94 Å². The van der Waals surface area contributed by atoms with Crippen LogP contribution in [0.15, 0.2) is 41.3 Å². The number of amides is 1. The maximum Gasteiger partial charge on any atom is 0.427 e. The first-order valence-electron chi connectivity index (χ1n) is 6.11. The van der Waals surface area contributed by atoms with Crippen molar-refractivity contribution < 1.29 is 9.37 Å². The normalized spacial score (nSPS) is 24.4. The summed E-state index contributed by atoms with van der Waals surface area (Å²) in [6, 6.07) is 10.3. The van der Waals surface area contributed by atoms with Crippen LogP contribution in [-0.2, 0) is 11.2 Å². The number of hydrogen-bond acceptors (Lipinski definition) is 3. The largest absolute Gasteiger partial charge is 0.427 e. The Labute approximate surface area is 134 Å². The zero-order chi connectivity index (χ0) is 13.2. The molecule has 1 atom stereocenters. The molecule has 0 bridgehead atoms. The van der Waals surface area contributed by atoms with Crippen molar-refractivity contribution >= 4 is 56.4 Å². The molecule has 2 heterocycles. The summed E-state index contributed by atoms with van der Waals surface area (Å²) in [6.45, 7) is 0.872. The number of hydrogen-bond donors (Lipinski definition) is 0. The maximum absolute atomic E-state index is 12.3. The van der Waals surface area contributed by atoms with Gasteiger partial charge in [0.25, 0.3) is 4.38 Å². The van der Waals surface area contributed by atoms with Crippen molar-refractivity contribution in [2.45, 2.75) is 11.7 Å². The van der Waals surface area contributed by atoms with Gasteiger partial charge >= 0.3 is 5.91 Å². The van der Waals surface area contributed by atoms with Crippen LogP contribution in [0.1, 0.15) is 5.56 Å². The summed E-state index contributed by atoms with van der Waals surface area (Å²) in [5.74, 6) is 0.191. The molecule has 1 aromatic carbocycles. The minimum absolute atomic E-state index is 0.191. The van der Waals surface area contributed by atoms with Gasteiger partial charge in [0.1, 0.15) is 4.91 Å². The third-order valence-electron chi connectivity index (χ3n) is 3.07. The highest BCUT2D eigenvalue weighted by atomic mass is 127. The Morgan fingerprint density at radius 2 is 2.16 bits per heavy atom. The van der Waals surface area contributed by atoms with E-state index in [0.717, 1.165) is 22.3 Å². The van der Waals surface area contributed by atoms with E-state index in [1.807, 2.05) is 34.5 Å². The molecular weight excluding hydrogens is 389 g/mol. The molecule has 0 saturated carbocycles. The molecule has 2 aliphatic rings. The summed E-state index contributed by atoms with van der Waals surface area (Å²) < 4.78 is 4.21. The lowest BCUT2D eigenvalue weighted by atomic mass is 10.1. The van der Waals surface area contributed by atoms with Crippen LogP contribution in [0, 0.1) is 0 Å². The number of carbonyl (C=O) groups is 1. The standard InChI is InChI=1S/C14H13INOS2/c15-8-11-9-16-13(17)12(19-14(16)18-11)7-6-10-4-2-1-3-5-10/h1-5,7,11H,6,8-9H2/q+1/b12-7+/t11-/m1/s1. The van der Waals surface area contributed by atoms with E-state index in [-0.39, 0.29) is 5.91 Å².